The molecule has 0 heterocycles. The zero-order chi connectivity index (χ0) is 15.9. The third kappa shape index (κ3) is 3.79. The average Bonchev–Trinajstić information content (AvgIpc) is 2.89. The Balaban J connectivity index is 2.27. The number of benzene rings is 1. The molecule has 0 bridgehead atoms. The summed E-state index contributed by atoms with van der Waals surface area (Å²) in [7, 11) is 3.09. The summed E-state index contributed by atoms with van der Waals surface area (Å²) in [5.74, 6) is 0.568. The molecule has 0 unspecified atom stereocenters. The fourth-order valence-electron chi connectivity index (χ4n) is 2.87. The molecule has 0 saturated carbocycles. The number of unbranched alkanes of at least 4 members (excludes halogenated alkanes) is 2. The van der Waals surface area contributed by atoms with Crippen LogP contribution >= 0.6 is 0 Å². The van der Waals surface area contributed by atoms with Crippen molar-refractivity contribution >= 4 is 11.5 Å². The van der Waals surface area contributed by atoms with Gasteiger partial charge in [0.15, 0.2) is 0 Å². The second-order valence-electron chi connectivity index (χ2n) is 5.52. The summed E-state index contributed by atoms with van der Waals surface area (Å²) in [4.78, 5) is 11.4. The normalized spacial score (nSPS) is 13.6. The summed E-state index contributed by atoms with van der Waals surface area (Å²) in [6, 6.07) is 6.23. The van der Waals surface area contributed by atoms with Gasteiger partial charge in [0.2, 0.25) is 0 Å². The van der Waals surface area contributed by atoms with Crippen LogP contribution in [0.3, 0.4) is 0 Å². The highest BCUT2D eigenvalue weighted by Gasteiger charge is 2.20. The Hall–Kier alpha value is -2.03. The molecule has 1 aliphatic carbocycles. The molecule has 0 amide bonds. The molecule has 1 aromatic carbocycles. The predicted molar refractivity (Wildman–Crippen MR) is 88.9 cm³/mol. The number of carbonyl (C=O) groups is 1. The predicted octanol–water partition coefficient (Wildman–Crippen LogP) is 4.31. The fraction of sp³-hybridized carbons (Fsp3) is 0.421. The second-order valence-corrected chi connectivity index (χ2v) is 5.52. The van der Waals surface area contributed by atoms with E-state index < -0.39 is 0 Å². The number of carbonyl (C=O) groups excluding carboxylic acids is 1. The van der Waals surface area contributed by atoms with Gasteiger partial charge in [-0.3, -0.25) is 0 Å². The van der Waals surface area contributed by atoms with Gasteiger partial charge in [-0.1, -0.05) is 31.9 Å². The van der Waals surface area contributed by atoms with Crippen molar-refractivity contribution in [3.63, 3.8) is 0 Å². The van der Waals surface area contributed by atoms with Crippen molar-refractivity contribution in [2.45, 2.75) is 39.0 Å². The first-order valence-corrected chi connectivity index (χ1v) is 7.85. The molecule has 0 saturated heterocycles. The summed E-state index contributed by atoms with van der Waals surface area (Å²) in [6.45, 7) is 2.21. The molecule has 0 aliphatic heterocycles. The number of allylic oxidation sites excluding steroid dienone is 3. The van der Waals surface area contributed by atoms with Crippen LogP contribution in [0.1, 0.15) is 43.7 Å². The monoisotopic (exact) mass is 300 g/mol. The Labute approximate surface area is 132 Å². The second kappa shape index (κ2) is 7.83. The Morgan fingerprint density at radius 2 is 2.09 bits per heavy atom. The fourth-order valence-corrected chi connectivity index (χ4v) is 2.87. The number of methoxy groups -OCH3 is 2. The van der Waals surface area contributed by atoms with Crippen LogP contribution in [-0.4, -0.2) is 20.2 Å². The average molecular weight is 300 g/mol. The molecular formula is C19H24O3. The van der Waals surface area contributed by atoms with Gasteiger partial charge >= 0.3 is 5.97 Å². The molecule has 118 valence electrons. The smallest absolute Gasteiger partial charge is 0.330 e. The molecule has 3 nitrogen and oxygen atoms in total. The molecule has 0 fully saturated rings. The molecule has 22 heavy (non-hydrogen) atoms. The van der Waals surface area contributed by atoms with Crippen LogP contribution in [0.5, 0.6) is 5.75 Å². The van der Waals surface area contributed by atoms with Crippen LogP contribution in [0, 0.1) is 0 Å². The Morgan fingerprint density at radius 1 is 1.27 bits per heavy atom. The Kier molecular flexibility index (Phi) is 5.82. The lowest BCUT2D eigenvalue weighted by Crippen LogP contribution is -1.94. The molecule has 0 spiro atoms. The van der Waals surface area contributed by atoms with Crippen molar-refractivity contribution in [1.82, 2.24) is 0 Å². The van der Waals surface area contributed by atoms with Crippen LogP contribution in [0.4, 0.5) is 0 Å². The first kappa shape index (κ1) is 16.3. The zero-order valence-corrected chi connectivity index (χ0v) is 13.6. The summed E-state index contributed by atoms with van der Waals surface area (Å²) in [6.07, 6.45) is 8.92. The zero-order valence-electron chi connectivity index (χ0n) is 13.6. The SMILES string of the molecule is CCCCCC1=C(/C=C/C(=O)OC)Cc2cc(OC)ccc21. The maximum Gasteiger partial charge on any atom is 0.330 e. The molecule has 1 aromatic rings. The van der Waals surface area contributed by atoms with Crippen LogP contribution in [-0.2, 0) is 16.0 Å². The summed E-state index contributed by atoms with van der Waals surface area (Å²) < 4.78 is 10.0. The summed E-state index contributed by atoms with van der Waals surface area (Å²) in [5.41, 5.74) is 5.13. The molecule has 1 aliphatic rings. The van der Waals surface area contributed by atoms with Crippen molar-refractivity contribution in [3.05, 3.63) is 47.1 Å². The Morgan fingerprint density at radius 3 is 2.77 bits per heavy atom. The van der Waals surface area contributed by atoms with Gasteiger partial charge < -0.3 is 9.47 Å². The minimum atomic E-state index is -0.311. The van der Waals surface area contributed by atoms with Gasteiger partial charge in [0.25, 0.3) is 0 Å². The number of hydrogen-bond acceptors (Lipinski definition) is 3. The van der Waals surface area contributed by atoms with Gasteiger partial charge in [0.1, 0.15) is 5.75 Å². The van der Waals surface area contributed by atoms with E-state index in [1.54, 1.807) is 7.11 Å². The van der Waals surface area contributed by atoms with Crippen molar-refractivity contribution in [2.24, 2.45) is 0 Å². The van der Waals surface area contributed by atoms with Gasteiger partial charge in [0.05, 0.1) is 14.2 Å². The molecule has 3 heteroatoms. The highest BCUT2D eigenvalue weighted by molar-refractivity contribution is 5.85. The third-order valence-corrected chi connectivity index (χ3v) is 4.06. The number of esters is 1. The maximum atomic E-state index is 11.4. The van der Waals surface area contributed by atoms with Gasteiger partial charge in [-0.05, 0) is 53.7 Å². The van der Waals surface area contributed by atoms with E-state index in [-0.39, 0.29) is 5.97 Å². The topological polar surface area (TPSA) is 35.5 Å². The van der Waals surface area contributed by atoms with Gasteiger partial charge in [0, 0.05) is 6.08 Å². The molecule has 0 radical (unpaired) electrons. The minimum absolute atomic E-state index is 0.311. The lowest BCUT2D eigenvalue weighted by Gasteiger charge is -2.08. The standard InChI is InChI=1S/C19H24O3/c1-4-5-6-7-17-14(8-11-19(20)22-3)12-15-13-16(21-2)9-10-18(15)17/h8-11,13H,4-7,12H2,1-3H3/b11-8+. The quantitative estimate of drug-likeness (QED) is 0.427. The highest BCUT2D eigenvalue weighted by atomic mass is 16.5. The van der Waals surface area contributed by atoms with Crippen LogP contribution in [0.2, 0.25) is 0 Å². The Bertz CT molecular complexity index is 597. The number of fused-ring (bicyclic) bond motifs is 1. The number of hydrogen-bond donors (Lipinski definition) is 0. The molecule has 0 atom stereocenters. The van der Waals surface area contributed by atoms with Crippen molar-refractivity contribution in [1.29, 1.82) is 0 Å². The summed E-state index contributed by atoms with van der Waals surface area (Å²) >= 11 is 0. The first-order valence-electron chi connectivity index (χ1n) is 7.85. The lowest BCUT2D eigenvalue weighted by atomic mass is 9.99. The van der Waals surface area contributed by atoms with E-state index in [9.17, 15) is 4.79 Å². The van der Waals surface area contributed by atoms with Crippen molar-refractivity contribution in [2.75, 3.05) is 14.2 Å². The van der Waals surface area contributed by atoms with Crippen LogP contribution in [0.15, 0.2) is 35.9 Å². The van der Waals surface area contributed by atoms with E-state index >= 15 is 0 Å². The van der Waals surface area contributed by atoms with E-state index in [4.69, 9.17) is 4.74 Å². The van der Waals surface area contributed by atoms with Crippen molar-refractivity contribution in [3.8, 4) is 5.75 Å². The van der Waals surface area contributed by atoms with E-state index in [1.807, 2.05) is 12.1 Å². The first-order chi connectivity index (χ1) is 10.7. The number of ether oxygens (including phenoxy) is 2. The molecule has 0 N–H and O–H groups in total. The molecule has 0 aromatic heterocycles. The summed E-state index contributed by atoms with van der Waals surface area (Å²) in [5, 5.41) is 0. The van der Waals surface area contributed by atoms with Gasteiger partial charge in [-0.15, -0.1) is 0 Å². The molecular weight excluding hydrogens is 276 g/mol. The number of rotatable bonds is 7. The maximum absolute atomic E-state index is 11.4. The van der Waals surface area contributed by atoms with E-state index in [2.05, 4.69) is 23.8 Å². The largest absolute Gasteiger partial charge is 0.497 e. The molecule has 2 rings (SSSR count). The van der Waals surface area contributed by atoms with Crippen molar-refractivity contribution < 1.29 is 14.3 Å². The van der Waals surface area contributed by atoms with E-state index in [0.717, 1.165) is 18.6 Å². The third-order valence-electron chi connectivity index (χ3n) is 4.06. The van der Waals surface area contributed by atoms with Crippen LogP contribution < -0.4 is 4.74 Å². The van der Waals surface area contributed by atoms with Crippen LogP contribution in [0.25, 0.3) is 5.57 Å². The van der Waals surface area contributed by atoms with Gasteiger partial charge in [-0.2, -0.15) is 0 Å². The lowest BCUT2D eigenvalue weighted by molar-refractivity contribution is -0.134. The van der Waals surface area contributed by atoms with E-state index in [1.165, 1.54) is 54.7 Å². The highest BCUT2D eigenvalue weighted by Crippen LogP contribution is 2.38. The van der Waals surface area contributed by atoms with Gasteiger partial charge in [-0.25, -0.2) is 4.79 Å². The minimum Gasteiger partial charge on any atom is -0.497 e. The van der Waals surface area contributed by atoms with E-state index in [0.29, 0.717) is 0 Å².